The van der Waals surface area contributed by atoms with E-state index in [0.717, 1.165) is 34.9 Å². The third kappa shape index (κ3) is 3.79. The van der Waals surface area contributed by atoms with Gasteiger partial charge in [0.2, 0.25) is 11.0 Å². The Bertz CT molecular complexity index is 849. The summed E-state index contributed by atoms with van der Waals surface area (Å²) in [5.74, 6) is 0.717. The maximum atomic E-state index is 12.4. The molecule has 0 aliphatic heterocycles. The molecule has 130 valence electrons. The molecule has 0 bridgehead atoms. The van der Waals surface area contributed by atoms with E-state index in [4.69, 9.17) is 0 Å². The standard InChI is InChI=1S/C19H22N4OS/c1-4-14(5-2)18(24)21-17-11-13(3)22-23(17)19-20-16(12-25-19)15-9-7-6-8-10-15/h6-12,14H,4-5H2,1-3H3,(H,21,24). The summed E-state index contributed by atoms with van der Waals surface area (Å²) in [7, 11) is 0. The largest absolute Gasteiger partial charge is 0.310 e. The number of hydrogen-bond donors (Lipinski definition) is 1. The average Bonchev–Trinajstić information content (AvgIpc) is 3.23. The third-order valence-electron chi connectivity index (χ3n) is 4.18. The van der Waals surface area contributed by atoms with Crippen LogP contribution in [-0.4, -0.2) is 20.7 Å². The molecule has 5 nitrogen and oxygen atoms in total. The highest BCUT2D eigenvalue weighted by atomic mass is 32.1. The Kier molecular flexibility index (Phi) is 5.28. The lowest BCUT2D eigenvalue weighted by Crippen LogP contribution is -2.23. The smallest absolute Gasteiger partial charge is 0.228 e. The SMILES string of the molecule is CCC(CC)C(=O)Nc1cc(C)nn1-c1nc(-c2ccccc2)cs1. The molecule has 2 heterocycles. The van der Waals surface area contributed by atoms with Gasteiger partial charge in [0.1, 0.15) is 5.82 Å². The fourth-order valence-corrected chi connectivity index (χ4v) is 3.52. The molecule has 0 aliphatic carbocycles. The van der Waals surface area contributed by atoms with E-state index in [1.807, 2.05) is 62.5 Å². The average molecular weight is 354 g/mol. The van der Waals surface area contributed by atoms with Gasteiger partial charge in [0.05, 0.1) is 11.4 Å². The molecule has 0 saturated heterocycles. The Morgan fingerprint density at radius 3 is 2.64 bits per heavy atom. The lowest BCUT2D eigenvalue weighted by Gasteiger charge is -2.12. The molecule has 1 aromatic carbocycles. The summed E-state index contributed by atoms with van der Waals surface area (Å²) in [6, 6.07) is 11.9. The molecule has 0 radical (unpaired) electrons. The number of aryl methyl sites for hydroxylation is 1. The first-order chi connectivity index (χ1) is 12.1. The van der Waals surface area contributed by atoms with Gasteiger partial charge in [-0.15, -0.1) is 11.3 Å². The first kappa shape index (κ1) is 17.4. The van der Waals surface area contributed by atoms with E-state index in [2.05, 4.69) is 15.4 Å². The van der Waals surface area contributed by atoms with Gasteiger partial charge in [-0.3, -0.25) is 4.79 Å². The summed E-state index contributed by atoms with van der Waals surface area (Å²) in [4.78, 5) is 17.1. The maximum Gasteiger partial charge on any atom is 0.228 e. The number of carbonyl (C=O) groups excluding carboxylic acids is 1. The zero-order valence-electron chi connectivity index (χ0n) is 14.7. The van der Waals surface area contributed by atoms with Crippen molar-refractivity contribution in [2.24, 2.45) is 5.92 Å². The zero-order chi connectivity index (χ0) is 17.8. The maximum absolute atomic E-state index is 12.4. The number of anilines is 1. The first-order valence-corrected chi connectivity index (χ1v) is 9.39. The van der Waals surface area contributed by atoms with Crippen LogP contribution in [0.1, 0.15) is 32.4 Å². The summed E-state index contributed by atoms with van der Waals surface area (Å²) < 4.78 is 1.72. The molecule has 0 aliphatic rings. The van der Waals surface area contributed by atoms with E-state index >= 15 is 0 Å². The van der Waals surface area contributed by atoms with Crippen LogP contribution in [0.5, 0.6) is 0 Å². The van der Waals surface area contributed by atoms with Crippen LogP contribution in [-0.2, 0) is 4.79 Å². The molecule has 0 saturated carbocycles. The molecule has 0 atom stereocenters. The van der Waals surface area contributed by atoms with Gasteiger partial charge < -0.3 is 5.32 Å². The minimum atomic E-state index is 0.0137. The van der Waals surface area contributed by atoms with E-state index < -0.39 is 0 Å². The zero-order valence-corrected chi connectivity index (χ0v) is 15.5. The van der Waals surface area contributed by atoms with Crippen molar-refractivity contribution in [1.82, 2.24) is 14.8 Å². The second kappa shape index (κ2) is 7.61. The quantitative estimate of drug-likeness (QED) is 0.699. The predicted molar refractivity (Wildman–Crippen MR) is 102 cm³/mol. The number of benzene rings is 1. The van der Waals surface area contributed by atoms with Crippen LogP contribution in [0.3, 0.4) is 0 Å². The van der Waals surface area contributed by atoms with Crippen molar-refractivity contribution >= 4 is 23.1 Å². The topological polar surface area (TPSA) is 59.8 Å². The number of hydrogen-bond acceptors (Lipinski definition) is 4. The van der Waals surface area contributed by atoms with Crippen LogP contribution >= 0.6 is 11.3 Å². The van der Waals surface area contributed by atoms with Gasteiger partial charge in [0.15, 0.2) is 0 Å². The van der Waals surface area contributed by atoms with Crippen molar-refractivity contribution in [1.29, 1.82) is 0 Å². The van der Waals surface area contributed by atoms with Crippen molar-refractivity contribution in [2.75, 3.05) is 5.32 Å². The van der Waals surface area contributed by atoms with Crippen molar-refractivity contribution < 1.29 is 4.79 Å². The Balaban J connectivity index is 1.89. The number of nitrogens with zero attached hydrogens (tertiary/aromatic N) is 3. The van der Waals surface area contributed by atoms with E-state index in [1.165, 1.54) is 11.3 Å². The number of aromatic nitrogens is 3. The van der Waals surface area contributed by atoms with Crippen molar-refractivity contribution in [3.8, 4) is 16.4 Å². The highest BCUT2D eigenvalue weighted by Gasteiger charge is 2.18. The molecule has 0 spiro atoms. The van der Waals surface area contributed by atoms with Gasteiger partial charge in [0, 0.05) is 22.9 Å². The predicted octanol–water partition coefficient (Wildman–Crippen LogP) is 4.68. The van der Waals surface area contributed by atoms with Crippen LogP contribution in [0.15, 0.2) is 41.8 Å². The molecule has 6 heteroatoms. The summed E-state index contributed by atoms with van der Waals surface area (Å²) in [6.07, 6.45) is 1.65. The second-order valence-electron chi connectivity index (χ2n) is 5.97. The number of thiazole rings is 1. The van der Waals surface area contributed by atoms with Gasteiger partial charge in [-0.2, -0.15) is 9.78 Å². The van der Waals surface area contributed by atoms with Crippen molar-refractivity contribution in [2.45, 2.75) is 33.6 Å². The summed E-state index contributed by atoms with van der Waals surface area (Å²) >= 11 is 1.51. The van der Waals surface area contributed by atoms with E-state index in [9.17, 15) is 4.79 Å². The van der Waals surface area contributed by atoms with E-state index in [0.29, 0.717) is 5.82 Å². The minimum Gasteiger partial charge on any atom is -0.310 e. The Hall–Kier alpha value is -2.47. The number of nitrogens with one attached hydrogen (secondary N) is 1. The molecule has 2 aromatic heterocycles. The number of carbonyl (C=O) groups is 1. The molecule has 25 heavy (non-hydrogen) atoms. The highest BCUT2D eigenvalue weighted by Crippen LogP contribution is 2.26. The molecule has 1 N–H and O–H groups in total. The minimum absolute atomic E-state index is 0.0137. The van der Waals surface area contributed by atoms with Crippen LogP contribution in [0.4, 0.5) is 5.82 Å². The lowest BCUT2D eigenvalue weighted by molar-refractivity contribution is -0.120. The van der Waals surface area contributed by atoms with Gasteiger partial charge in [-0.1, -0.05) is 44.2 Å². The van der Waals surface area contributed by atoms with E-state index in [-0.39, 0.29) is 11.8 Å². The Morgan fingerprint density at radius 2 is 1.96 bits per heavy atom. The van der Waals surface area contributed by atoms with Gasteiger partial charge in [-0.05, 0) is 19.8 Å². The highest BCUT2D eigenvalue weighted by molar-refractivity contribution is 7.12. The van der Waals surface area contributed by atoms with Crippen LogP contribution in [0, 0.1) is 12.8 Å². The molecule has 1 amide bonds. The van der Waals surface area contributed by atoms with Crippen molar-refractivity contribution in [3.63, 3.8) is 0 Å². The lowest BCUT2D eigenvalue weighted by atomic mass is 10.0. The van der Waals surface area contributed by atoms with Crippen LogP contribution in [0.2, 0.25) is 0 Å². The molecule has 0 unspecified atom stereocenters. The van der Waals surface area contributed by atoms with Crippen LogP contribution < -0.4 is 5.32 Å². The van der Waals surface area contributed by atoms with Gasteiger partial charge in [0.25, 0.3) is 0 Å². The second-order valence-corrected chi connectivity index (χ2v) is 6.80. The fraction of sp³-hybridized carbons (Fsp3) is 0.316. The molecular formula is C19H22N4OS. The van der Waals surface area contributed by atoms with Crippen LogP contribution in [0.25, 0.3) is 16.4 Å². The molecule has 3 rings (SSSR count). The Morgan fingerprint density at radius 1 is 1.24 bits per heavy atom. The number of amides is 1. The third-order valence-corrected chi connectivity index (χ3v) is 5.00. The van der Waals surface area contributed by atoms with Gasteiger partial charge in [-0.25, -0.2) is 4.98 Å². The first-order valence-electron chi connectivity index (χ1n) is 8.51. The number of rotatable bonds is 6. The molecular weight excluding hydrogens is 332 g/mol. The fourth-order valence-electron chi connectivity index (χ4n) is 2.73. The Labute approximate surface area is 151 Å². The van der Waals surface area contributed by atoms with Gasteiger partial charge >= 0.3 is 0 Å². The summed E-state index contributed by atoms with van der Waals surface area (Å²) in [5.41, 5.74) is 2.82. The van der Waals surface area contributed by atoms with Crippen molar-refractivity contribution in [3.05, 3.63) is 47.5 Å². The normalized spacial score (nSPS) is 11.0. The summed E-state index contributed by atoms with van der Waals surface area (Å²) in [6.45, 7) is 5.97. The van der Waals surface area contributed by atoms with E-state index in [1.54, 1.807) is 4.68 Å². The summed E-state index contributed by atoms with van der Waals surface area (Å²) in [5, 5.41) is 10.3. The monoisotopic (exact) mass is 354 g/mol. The molecule has 3 aromatic rings. The molecule has 0 fully saturated rings.